The summed E-state index contributed by atoms with van der Waals surface area (Å²) in [6.45, 7) is 1.72. The Morgan fingerprint density at radius 3 is 2.59 bits per heavy atom. The first kappa shape index (κ1) is 18.2. The van der Waals surface area contributed by atoms with Gasteiger partial charge in [-0.2, -0.15) is 10.1 Å². The number of amides is 1. The number of anilines is 1. The van der Waals surface area contributed by atoms with Gasteiger partial charge in [0.2, 0.25) is 0 Å². The standard InChI is InChI=1S/C20H18N2O5/c1-12-17(11-14-10-16(26-2)7-8-18(14)27-3)19(23)22(21-12)15-6-4-5-13(9-15)20(24)25/h4-11H,1-3H3,(H,24,25). The van der Waals surface area contributed by atoms with Gasteiger partial charge in [0.05, 0.1) is 36.8 Å². The van der Waals surface area contributed by atoms with E-state index in [2.05, 4.69) is 5.10 Å². The van der Waals surface area contributed by atoms with Gasteiger partial charge in [0, 0.05) is 5.56 Å². The third-order valence-corrected chi connectivity index (χ3v) is 4.14. The van der Waals surface area contributed by atoms with Crippen LogP contribution < -0.4 is 14.5 Å². The molecule has 7 nitrogen and oxygen atoms in total. The number of nitrogens with zero attached hydrogens (tertiary/aromatic N) is 2. The second-order valence-corrected chi connectivity index (χ2v) is 5.82. The highest BCUT2D eigenvalue weighted by atomic mass is 16.5. The SMILES string of the molecule is COc1ccc(OC)c(C=C2C(=O)N(c3cccc(C(=O)O)c3)N=C2C)c1. The van der Waals surface area contributed by atoms with E-state index in [-0.39, 0.29) is 11.5 Å². The van der Waals surface area contributed by atoms with Crippen LogP contribution in [0.5, 0.6) is 11.5 Å². The molecule has 1 heterocycles. The summed E-state index contributed by atoms with van der Waals surface area (Å²) in [6.07, 6.45) is 1.68. The van der Waals surface area contributed by atoms with Crippen LogP contribution in [0.1, 0.15) is 22.8 Å². The highest BCUT2D eigenvalue weighted by Crippen LogP contribution is 2.30. The Bertz CT molecular complexity index is 978. The van der Waals surface area contributed by atoms with Crippen molar-refractivity contribution in [2.75, 3.05) is 19.2 Å². The molecule has 3 rings (SSSR count). The molecule has 1 N–H and O–H groups in total. The Morgan fingerprint density at radius 2 is 1.93 bits per heavy atom. The third-order valence-electron chi connectivity index (χ3n) is 4.14. The molecule has 0 radical (unpaired) electrons. The summed E-state index contributed by atoms with van der Waals surface area (Å²) in [5, 5.41) is 14.6. The monoisotopic (exact) mass is 366 g/mol. The summed E-state index contributed by atoms with van der Waals surface area (Å²) in [7, 11) is 3.11. The smallest absolute Gasteiger partial charge is 0.335 e. The molecule has 0 unspecified atom stereocenters. The maximum atomic E-state index is 12.9. The Hall–Kier alpha value is -3.61. The van der Waals surface area contributed by atoms with E-state index < -0.39 is 5.97 Å². The van der Waals surface area contributed by atoms with Crippen LogP contribution in [0.4, 0.5) is 5.69 Å². The van der Waals surface area contributed by atoms with Gasteiger partial charge in [0.1, 0.15) is 11.5 Å². The Kier molecular flexibility index (Phi) is 4.94. The van der Waals surface area contributed by atoms with Gasteiger partial charge in [-0.25, -0.2) is 4.79 Å². The zero-order valence-corrected chi connectivity index (χ0v) is 15.1. The van der Waals surface area contributed by atoms with Crippen molar-refractivity contribution in [3.8, 4) is 11.5 Å². The molecule has 0 aromatic heterocycles. The van der Waals surface area contributed by atoms with E-state index in [9.17, 15) is 9.59 Å². The van der Waals surface area contributed by atoms with Gasteiger partial charge in [-0.1, -0.05) is 6.07 Å². The van der Waals surface area contributed by atoms with Crippen LogP contribution in [-0.4, -0.2) is 36.9 Å². The van der Waals surface area contributed by atoms with E-state index in [1.807, 2.05) is 0 Å². The maximum Gasteiger partial charge on any atom is 0.335 e. The molecule has 2 aromatic carbocycles. The van der Waals surface area contributed by atoms with E-state index in [0.29, 0.717) is 34.0 Å². The van der Waals surface area contributed by atoms with Crippen LogP contribution in [0.25, 0.3) is 6.08 Å². The quantitative estimate of drug-likeness (QED) is 0.821. The van der Waals surface area contributed by atoms with Crippen LogP contribution >= 0.6 is 0 Å². The average Bonchev–Trinajstić information content (AvgIpc) is 2.96. The molecule has 0 spiro atoms. The van der Waals surface area contributed by atoms with Gasteiger partial charge < -0.3 is 14.6 Å². The molecule has 0 atom stereocenters. The van der Waals surface area contributed by atoms with E-state index in [1.54, 1.807) is 57.6 Å². The highest BCUT2D eigenvalue weighted by Gasteiger charge is 2.29. The Balaban J connectivity index is 2.00. The van der Waals surface area contributed by atoms with Gasteiger partial charge in [0.15, 0.2) is 0 Å². The lowest BCUT2D eigenvalue weighted by atomic mass is 10.1. The molecule has 1 aliphatic heterocycles. The zero-order chi connectivity index (χ0) is 19.6. The number of rotatable bonds is 5. The number of carboxylic acids is 1. The highest BCUT2D eigenvalue weighted by molar-refractivity contribution is 6.32. The van der Waals surface area contributed by atoms with Gasteiger partial charge >= 0.3 is 5.97 Å². The number of carbonyl (C=O) groups is 2. The molecule has 0 aliphatic carbocycles. The van der Waals surface area contributed by atoms with Crippen molar-refractivity contribution in [2.24, 2.45) is 5.10 Å². The van der Waals surface area contributed by atoms with Crippen molar-refractivity contribution >= 4 is 29.4 Å². The van der Waals surface area contributed by atoms with Crippen molar-refractivity contribution in [2.45, 2.75) is 6.92 Å². The van der Waals surface area contributed by atoms with Gasteiger partial charge in [-0.05, 0) is 49.4 Å². The Morgan fingerprint density at radius 1 is 1.15 bits per heavy atom. The molecule has 7 heteroatoms. The van der Waals surface area contributed by atoms with Gasteiger partial charge in [-0.15, -0.1) is 0 Å². The second kappa shape index (κ2) is 7.33. The normalized spacial score (nSPS) is 15.1. The maximum absolute atomic E-state index is 12.9. The minimum Gasteiger partial charge on any atom is -0.497 e. The average molecular weight is 366 g/mol. The molecule has 1 aliphatic rings. The summed E-state index contributed by atoms with van der Waals surface area (Å²) in [4.78, 5) is 24.1. The lowest BCUT2D eigenvalue weighted by molar-refractivity contribution is -0.114. The van der Waals surface area contributed by atoms with E-state index in [1.165, 1.54) is 17.1 Å². The molecule has 138 valence electrons. The Labute approximate surface area is 156 Å². The summed E-state index contributed by atoms with van der Waals surface area (Å²) >= 11 is 0. The summed E-state index contributed by atoms with van der Waals surface area (Å²) in [5.74, 6) is -0.190. The van der Waals surface area contributed by atoms with Crippen molar-refractivity contribution in [1.29, 1.82) is 0 Å². The number of ether oxygens (including phenoxy) is 2. The number of carbonyl (C=O) groups excluding carboxylic acids is 1. The number of carboxylic acid groups (broad SMARTS) is 1. The fourth-order valence-electron chi connectivity index (χ4n) is 2.74. The first-order valence-electron chi connectivity index (χ1n) is 8.11. The van der Waals surface area contributed by atoms with Crippen LogP contribution in [0.15, 0.2) is 53.1 Å². The van der Waals surface area contributed by atoms with Crippen LogP contribution in [0.3, 0.4) is 0 Å². The van der Waals surface area contributed by atoms with Crippen LogP contribution in [0.2, 0.25) is 0 Å². The minimum atomic E-state index is -1.07. The second-order valence-electron chi connectivity index (χ2n) is 5.82. The number of aromatic carboxylic acids is 1. The molecule has 0 saturated heterocycles. The predicted molar refractivity (Wildman–Crippen MR) is 102 cm³/mol. The van der Waals surface area contributed by atoms with Crippen LogP contribution in [0, 0.1) is 0 Å². The first-order chi connectivity index (χ1) is 12.9. The number of methoxy groups -OCH3 is 2. The molecule has 27 heavy (non-hydrogen) atoms. The van der Waals surface area contributed by atoms with Crippen molar-refractivity contribution < 1.29 is 24.2 Å². The summed E-state index contributed by atoms with van der Waals surface area (Å²) < 4.78 is 10.6. The van der Waals surface area contributed by atoms with E-state index >= 15 is 0 Å². The topological polar surface area (TPSA) is 88.4 Å². The van der Waals surface area contributed by atoms with Crippen LogP contribution in [-0.2, 0) is 4.79 Å². The lowest BCUT2D eigenvalue weighted by Gasteiger charge is -2.12. The van der Waals surface area contributed by atoms with Crippen molar-refractivity contribution in [3.63, 3.8) is 0 Å². The van der Waals surface area contributed by atoms with Crippen molar-refractivity contribution in [1.82, 2.24) is 0 Å². The predicted octanol–water partition coefficient (Wildman–Crippen LogP) is 3.21. The molecule has 2 aromatic rings. The van der Waals surface area contributed by atoms with E-state index in [0.717, 1.165) is 0 Å². The molecule has 1 amide bonds. The fourth-order valence-corrected chi connectivity index (χ4v) is 2.74. The summed E-state index contributed by atoms with van der Waals surface area (Å²) in [6, 6.07) is 11.4. The molecule has 0 saturated carbocycles. The number of benzene rings is 2. The first-order valence-corrected chi connectivity index (χ1v) is 8.11. The number of hydrogen-bond acceptors (Lipinski definition) is 5. The lowest BCUT2D eigenvalue weighted by Crippen LogP contribution is -2.21. The molecular formula is C20H18N2O5. The minimum absolute atomic E-state index is 0.0834. The summed E-state index contributed by atoms with van der Waals surface area (Å²) in [5.41, 5.74) is 2.06. The molecular weight excluding hydrogens is 348 g/mol. The van der Waals surface area contributed by atoms with E-state index in [4.69, 9.17) is 14.6 Å². The van der Waals surface area contributed by atoms with Gasteiger partial charge in [-0.3, -0.25) is 4.79 Å². The molecule has 0 bridgehead atoms. The van der Waals surface area contributed by atoms with Crippen molar-refractivity contribution in [3.05, 3.63) is 59.2 Å². The zero-order valence-electron chi connectivity index (χ0n) is 15.1. The number of hydrogen-bond donors (Lipinski definition) is 1. The molecule has 0 fully saturated rings. The fraction of sp³-hybridized carbons (Fsp3) is 0.150. The third kappa shape index (κ3) is 3.52. The largest absolute Gasteiger partial charge is 0.497 e. The number of hydrazone groups is 1. The van der Waals surface area contributed by atoms with Gasteiger partial charge in [0.25, 0.3) is 5.91 Å².